The van der Waals surface area contributed by atoms with E-state index in [0.717, 1.165) is 42.3 Å². The van der Waals surface area contributed by atoms with Crippen LogP contribution in [0.2, 0.25) is 0 Å². The molecule has 0 atom stereocenters. The van der Waals surface area contributed by atoms with Crippen LogP contribution in [0.5, 0.6) is 0 Å². The number of nitrogens with one attached hydrogen (secondary N) is 1. The molecule has 0 saturated carbocycles. The summed E-state index contributed by atoms with van der Waals surface area (Å²) < 4.78 is 0. The molecule has 0 aliphatic heterocycles. The first-order chi connectivity index (χ1) is 9.63. The Morgan fingerprint density at radius 3 is 2.65 bits per heavy atom. The average molecular weight is 312 g/mol. The van der Waals surface area contributed by atoms with Gasteiger partial charge in [0.25, 0.3) is 0 Å². The van der Waals surface area contributed by atoms with Crippen LogP contribution >= 0.6 is 24.0 Å². The fourth-order valence-electron chi connectivity index (χ4n) is 2.20. The first-order valence-corrected chi connectivity index (χ1v) is 8.70. The molecular formula is C15H25N3S2. The third kappa shape index (κ3) is 4.96. The first kappa shape index (κ1) is 17.3. The van der Waals surface area contributed by atoms with Crippen molar-refractivity contribution in [2.45, 2.75) is 25.2 Å². The minimum atomic E-state index is 0.457. The van der Waals surface area contributed by atoms with Gasteiger partial charge in [-0.3, -0.25) is 0 Å². The van der Waals surface area contributed by atoms with E-state index in [1.807, 2.05) is 18.4 Å². The maximum absolute atomic E-state index is 5.86. The van der Waals surface area contributed by atoms with Crippen LogP contribution in [0.1, 0.15) is 25.8 Å². The van der Waals surface area contributed by atoms with E-state index in [-0.39, 0.29) is 0 Å². The van der Waals surface area contributed by atoms with Crippen molar-refractivity contribution in [3.8, 4) is 0 Å². The number of anilines is 1. The van der Waals surface area contributed by atoms with Crippen molar-refractivity contribution < 1.29 is 0 Å². The molecule has 5 heteroatoms. The highest BCUT2D eigenvalue weighted by atomic mass is 32.2. The normalized spacial score (nSPS) is 10.8. The Bertz CT molecular complexity index is 435. The molecule has 0 aromatic heterocycles. The van der Waals surface area contributed by atoms with Gasteiger partial charge in [-0.25, -0.2) is 0 Å². The number of benzene rings is 1. The number of thiocarbonyl (C=S) groups is 1. The topological polar surface area (TPSA) is 41.3 Å². The molecule has 1 rings (SSSR count). The lowest BCUT2D eigenvalue weighted by molar-refractivity contribution is 0.300. The third-order valence-electron chi connectivity index (χ3n) is 3.22. The highest BCUT2D eigenvalue weighted by Crippen LogP contribution is 2.26. The van der Waals surface area contributed by atoms with Crippen LogP contribution in [0.15, 0.2) is 23.1 Å². The SMILES string of the molecule is CCCN(CC)CCNc1cccc(SC)c1C(N)=S. The molecule has 0 radical (unpaired) electrons. The molecule has 0 fully saturated rings. The smallest absolute Gasteiger partial charge is 0.107 e. The van der Waals surface area contributed by atoms with E-state index in [9.17, 15) is 0 Å². The Balaban J connectivity index is 2.70. The second-order valence-corrected chi connectivity index (χ2v) is 5.90. The molecular weight excluding hydrogens is 286 g/mol. The molecule has 0 aliphatic carbocycles. The lowest BCUT2D eigenvalue weighted by Crippen LogP contribution is -2.30. The monoisotopic (exact) mass is 311 g/mol. The van der Waals surface area contributed by atoms with Gasteiger partial charge in [0, 0.05) is 29.2 Å². The molecule has 0 amide bonds. The molecule has 3 N–H and O–H groups in total. The number of hydrogen-bond acceptors (Lipinski definition) is 4. The molecule has 0 saturated heterocycles. The van der Waals surface area contributed by atoms with Crippen LogP contribution < -0.4 is 11.1 Å². The zero-order valence-electron chi connectivity index (χ0n) is 12.6. The summed E-state index contributed by atoms with van der Waals surface area (Å²) in [4.78, 5) is 4.02. The molecule has 0 bridgehead atoms. The van der Waals surface area contributed by atoms with E-state index in [4.69, 9.17) is 18.0 Å². The molecule has 0 aliphatic rings. The maximum Gasteiger partial charge on any atom is 0.107 e. The molecule has 0 spiro atoms. The zero-order valence-corrected chi connectivity index (χ0v) is 14.2. The standard InChI is InChI=1S/C15H25N3S2/c1-4-10-18(5-2)11-9-17-12-7-6-8-13(20-3)14(12)15(16)19/h6-8,17H,4-5,9-11H2,1-3H3,(H2,16,19). The van der Waals surface area contributed by atoms with Crippen LogP contribution in [0.4, 0.5) is 5.69 Å². The van der Waals surface area contributed by atoms with Crippen LogP contribution in [0, 0.1) is 0 Å². The van der Waals surface area contributed by atoms with Gasteiger partial charge in [-0.1, -0.05) is 32.1 Å². The summed E-state index contributed by atoms with van der Waals surface area (Å²) in [6, 6.07) is 6.14. The number of nitrogens with zero attached hydrogens (tertiary/aromatic N) is 1. The number of hydrogen-bond donors (Lipinski definition) is 2. The van der Waals surface area contributed by atoms with Crippen LogP contribution in [0.25, 0.3) is 0 Å². The fourth-order valence-corrected chi connectivity index (χ4v) is 3.12. The van der Waals surface area contributed by atoms with Crippen molar-refractivity contribution >= 4 is 34.7 Å². The minimum absolute atomic E-state index is 0.457. The van der Waals surface area contributed by atoms with Crippen molar-refractivity contribution in [2.75, 3.05) is 37.8 Å². The van der Waals surface area contributed by atoms with Gasteiger partial charge >= 0.3 is 0 Å². The first-order valence-electron chi connectivity index (χ1n) is 7.07. The van der Waals surface area contributed by atoms with E-state index in [1.54, 1.807) is 11.8 Å². The number of likely N-dealkylation sites (N-methyl/N-ethyl adjacent to an activating group) is 1. The van der Waals surface area contributed by atoms with Gasteiger partial charge in [-0.2, -0.15) is 0 Å². The predicted molar refractivity (Wildman–Crippen MR) is 95.0 cm³/mol. The van der Waals surface area contributed by atoms with Gasteiger partial charge in [0.2, 0.25) is 0 Å². The van der Waals surface area contributed by atoms with Gasteiger partial charge in [-0.05, 0) is 37.9 Å². The van der Waals surface area contributed by atoms with E-state index in [0.29, 0.717) is 4.99 Å². The molecule has 20 heavy (non-hydrogen) atoms. The van der Waals surface area contributed by atoms with E-state index >= 15 is 0 Å². The van der Waals surface area contributed by atoms with Gasteiger partial charge < -0.3 is 16.0 Å². The second-order valence-electron chi connectivity index (χ2n) is 4.61. The van der Waals surface area contributed by atoms with Gasteiger partial charge in [-0.15, -0.1) is 11.8 Å². The Morgan fingerprint density at radius 1 is 1.35 bits per heavy atom. The summed E-state index contributed by atoms with van der Waals surface area (Å²) in [5.74, 6) is 0. The van der Waals surface area contributed by atoms with Crippen LogP contribution in [-0.2, 0) is 0 Å². The fraction of sp³-hybridized carbons (Fsp3) is 0.533. The molecule has 0 unspecified atom stereocenters. The molecule has 3 nitrogen and oxygen atoms in total. The summed E-state index contributed by atoms with van der Waals surface area (Å²) in [6.07, 6.45) is 3.23. The van der Waals surface area contributed by atoms with E-state index < -0.39 is 0 Å². The van der Waals surface area contributed by atoms with Crippen molar-refractivity contribution in [3.63, 3.8) is 0 Å². The molecule has 1 aromatic carbocycles. The molecule has 1 aromatic rings. The Hall–Kier alpha value is -0.780. The van der Waals surface area contributed by atoms with E-state index in [2.05, 4.69) is 30.1 Å². The summed E-state index contributed by atoms with van der Waals surface area (Å²) >= 11 is 6.86. The average Bonchev–Trinajstić information content (AvgIpc) is 2.45. The third-order valence-corrected chi connectivity index (χ3v) is 4.21. The number of nitrogens with two attached hydrogens (primary N) is 1. The van der Waals surface area contributed by atoms with Crippen molar-refractivity contribution in [1.82, 2.24) is 4.90 Å². The highest BCUT2D eigenvalue weighted by Gasteiger charge is 2.10. The Labute approximate surface area is 132 Å². The zero-order chi connectivity index (χ0) is 15.0. The van der Waals surface area contributed by atoms with Crippen LogP contribution in [-0.4, -0.2) is 42.3 Å². The lowest BCUT2D eigenvalue weighted by Gasteiger charge is -2.21. The molecule has 112 valence electrons. The second kappa shape index (κ2) is 9.21. The summed E-state index contributed by atoms with van der Waals surface area (Å²) in [6.45, 7) is 8.58. The van der Waals surface area contributed by atoms with Crippen LogP contribution in [0.3, 0.4) is 0 Å². The Kier molecular flexibility index (Phi) is 7.95. The van der Waals surface area contributed by atoms with Crippen molar-refractivity contribution in [3.05, 3.63) is 23.8 Å². The summed E-state index contributed by atoms with van der Waals surface area (Å²) in [7, 11) is 0. The van der Waals surface area contributed by atoms with Gasteiger partial charge in [0.15, 0.2) is 0 Å². The quantitative estimate of drug-likeness (QED) is 0.541. The predicted octanol–water partition coefficient (Wildman–Crippen LogP) is 3.19. The van der Waals surface area contributed by atoms with E-state index in [1.165, 1.54) is 6.42 Å². The number of rotatable bonds is 9. The van der Waals surface area contributed by atoms with Crippen molar-refractivity contribution in [1.29, 1.82) is 0 Å². The number of thioether (sulfide) groups is 1. The van der Waals surface area contributed by atoms with Crippen molar-refractivity contribution in [2.24, 2.45) is 5.73 Å². The van der Waals surface area contributed by atoms with Gasteiger partial charge in [0.05, 0.1) is 0 Å². The lowest BCUT2D eigenvalue weighted by atomic mass is 10.1. The highest BCUT2D eigenvalue weighted by molar-refractivity contribution is 7.98. The Morgan fingerprint density at radius 2 is 2.10 bits per heavy atom. The maximum atomic E-state index is 5.86. The summed E-state index contributed by atoms with van der Waals surface area (Å²) in [5.41, 5.74) is 7.87. The molecule has 0 heterocycles. The van der Waals surface area contributed by atoms with Gasteiger partial charge in [0.1, 0.15) is 4.99 Å². The summed E-state index contributed by atoms with van der Waals surface area (Å²) in [5, 5.41) is 3.47. The minimum Gasteiger partial charge on any atom is -0.389 e. The largest absolute Gasteiger partial charge is 0.389 e.